The van der Waals surface area contributed by atoms with Crippen LogP contribution in [0.4, 0.5) is 5.69 Å². The first kappa shape index (κ1) is 19.4. The fourth-order valence-electron chi connectivity index (χ4n) is 2.83. The topological polar surface area (TPSA) is 81.7 Å². The molecule has 1 N–H and O–H groups in total. The van der Waals surface area contributed by atoms with Gasteiger partial charge in [0.2, 0.25) is 5.91 Å². The lowest BCUT2D eigenvalue weighted by molar-refractivity contribution is -0.136. The van der Waals surface area contributed by atoms with Crippen LogP contribution in [0.15, 0.2) is 48.5 Å². The van der Waals surface area contributed by atoms with E-state index in [-0.39, 0.29) is 18.3 Å². The molecule has 0 saturated heterocycles. The van der Waals surface area contributed by atoms with Crippen molar-refractivity contribution >= 4 is 29.4 Å². The number of ketones is 1. The lowest BCUT2D eigenvalue weighted by Crippen LogP contribution is -2.20. The van der Waals surface area contributed by atoms with Crippen LogP contribution in [0.25, 0.3) is 6.08 Å². The molecule has 0 saturated carbocycles. The summed E-state index contributed by atoms with van der Waals surface area (Å²) in [5, 5.41) is 2.77. The van der Waals surface area contributed by atoms with Crippen molar-refractivity contribution in [3.8, 4) is 5.75 Å². The van der Waals surface area contributed by atoms with Gasteiger partial charge >= 0.3 is 5.97 Å². The Balaban J connectivity index is 1.52. The van der Waals surface area contributed by atoms with Crippen LogP contribution in [0.3, 0.4) is 0 Å². The van der Waals surface area contributed by atoms with E-state index < -0.39 is 5.97 Å². The van der Waals surface area contributed by atoms with E-state index in [9.17, 15) is 14.4 Å². The van der Waals surface area contributed by atoms with Gasteiger partial charge in [0.25, 0.3) is 0 Å². The number of rotatable bonds is 7. The quantitative estimate of drug-likeness (QED) is 0.453. The highest BCUT2D eigenvalue weighted by atomic mass is 16.5. The molecule has 1 aliphatic heterocycles. The highest BCUT2D eigenvalue weighted by molar-refractivity contribution is 6.00. The Bertz CT molecular complexity index is 915. The number of aryl methyl sites for hydroxylation is 1. The smallest absolute Gasteiger partial charge is 0.331 e. The molecular formula is C22H21NO5. The summed E-state index contributed by atoms with van der Waals surface area (Å²) < 4.78 is 10.4. The average molecular weight is 379 g/mol. The van der Waals surface area contributed by atoms with Gasteiger partial charge in [0.1, 0.15) is 5.75 Å². The lowest BCUT2D eigenvalue weighted by atomic mass is 9.99. The van der Waals surface area contributed by atoms with Gasteiger partial charge in [0.05, 0.1) is 6.61 Å². The number of nitrogens with one attached hydrogen (secondary N) is 1. The molecule has 0 unspecified atom stereocenters. The highest BCUT2D eigenvalue weighted by Crippen LogP contribution is 2.23. The van der Waals surface area contributed by atoms with Crippen LogP contribution in [-0.4, -0.2) is 30.9 Å². The van der Waals surface area contributed by atoms with Crippen molar-refractivity contribution in [2.75, 3.05) is 18.5 Å². The molecule has 0 atom stereocenters. The van der Waals surface area contributed by atoms with Gasteiger partial charge in [-0.3, -0.25) is 9.59 Å². The van der Waals surface area contributed by atoms with Crippen LogP contribution in [-0.2, 0) is 20.7 Å². The fraction of sp³-hybridized carbons (Fsp3) is 0.227. The van der Waals surface area contributed by atoms with E-state index in [0.717, 1.165) is 22.6 Å². The Morgan fingerprint density at radius 3 is 2.64 bits per heavy atom. The van der Waals surface area contributed by atoms with Gasteiger partial charge in [0, 0.05) is 23.7 Å². The fourth-order valence-corrected chi connectivity index (χ4v) is 2.83. The third-order valence-corrected chi connectivity index (χ3v) is 4.27. The second-order valence-electron chi connectivity index (χ2n) is 6.29. The molecule has 2 aromatic carbocycles. The van der Waals surface area contributed by atoms with E-state index in [1.165, 1.54) is 6.08 Å². The Morgan fingerprint density at radius 1 is 1.11 bits per heavy atom. The van der Waals surface area contributed by atoms with E-state index >= 15 is 0 Å². The molecule has 1 amide bonds. The van der Waals surface area contributed by atoms with Crippen LogP contribution in [0, 0.1) is 0 Å². The Hall–Kier alpha value is -3.41. The largest absolute Gasteiger partial charge is 0.494 e. The average Bonchev–Trinajstić information content (AvgIpc) is 2.71. The summed E-state index contributed by atoms with van der Waals surface area (Å²) in [6.45, 7) is 2.17. The SMILES string of the molecule is CCOc1ccc(/C=C/C(=O)OCC(=O)c2ccc3c(c2)CCC(=O)N3)cc1. The highest BCUT2D eigenvalue weighted by Gasteiger charge is 2.17. The van der Waals surface area contributed by atoms with E-state index in [1.807, 2.05) is 31.2 Å². The van der Waals surface area contributed by atoms with Crippen LogP contribution < -0.4 is 10.1 Å². The minimum Gasteiger partial charge on any atom is -0.494 e. The molecular weight excluding hydrogens is 358 g/mol. The second-order valence-corrected chi connectivity index (χ2v) is 6.29. The zero-order valence-corrected chi connectivity index (χ0v) is 15.6. The summed E-state index contributed by atoms with van der Waals surface area (Å²) in [6, 6.07) is 12.3. The van der Waals surface area contributed by atoms with Gasteiger partial charge in [-0.05, 0) is 60.9 Å². The number of Topliss-reactive ketones (excluding diaryl/α,β-unsaturated/α-hetero) is 1. The number of hydrogen-bond donors (Lipinski definition) is 1. The normalized spacial score (nSPS) is 13.0. The van der Waals surface area contributed by atoms with E-state index in [1.54, 1.807) is 24.3 Å². The molecule has 28 heavy (non-hydrogen) atoms. The number of fused-ring (bicyclic) bond motifs is 1. The molecule has 0 fully saturated rings. The molecule has 0 spiro atoms. The Morgan fingerprint density at radius 2 is 1.89 bits per heavy atom. The predicted molar refractivity (Wildman–Crippen MR) is 105 cm³/mol. The van der Waals surface area contributed by atoms with Gasteiger partial charge in [-0.25, -0.2) is 4.79 Å². The number of ether oxygens (including phenoxy) is 2. The van der Waals surface area contributed by atoms with Gasteiger partial charge in [-0.15, -0.1) is 0 Å². The number of carbonyl (C=O) groups excluding carboxylic acids is 3. The van der Waals surface area contributed by atoms with E-state index in [2.05, 4.69) is 5.32 Å². The van der Waals surface area contributed by atoms with Crippen LogP contribution in [0.1, 0.15) is 34.8 Å². The number of amides is 1. The number of benzene rings is 2. The summed E-state index contributed by atoms with van der Waals surface area (Å²) in [7, 11) is 0. The maximum atomic E-state index is 12.3. The minimum absolute atomic E-state index is 0.0279. The summed E-state index contributed by atoms with van der Waals surface area (Å²) in [4.78, 5) is 35.5. The van der Waals surface area contributed by atoms with E-state index in [4.69, 9.17) is 9.47 Å². The van der Waals surface area contributed by atoms with Gasteiger partial charge < -0.3 is 14.8 Å². The zero-order chi connectivity index (χ0) is 19.9. The third kappa shape index (κ3) is 5.07. The van der Waals surface area contributed by atoms with Crippen molar-refractivity contribution in [3.63, 3.8) is 0 Å². The maximum absolute atomic E-state index is 12.3. The van der Waals surface area contributed by atoms with Crippen molar-refractivity contribution in [1.29, 1.82) is 0 Å². The van der Waals surface area contributed by atoms with Crippen molar-refractivity contribution in [1.82, 2.24) is 0 Å². The first-order chi connectivity index (χ1) is 13.5. The van der Waals surface area contributed by atoms with E-state index in [0.29, 0.717) is 25.0 Å². The lowest BCUT2D eigenvalue weighted by Gasteiger charge is -2.17. The molecule has 1 aliphatic rings. The first-order valence-corrected chi connectivity index (χ1v) is 9.09. The molecule has 0 radical (unpaired) electrons. The number of esters is 1. The summed E-state index contributed by atoms with van der Waals surface area (Å²) in [6.07, 6.45) is 3.89. The molecule has 1 heterocycles. The first-order valence-electron chi connectivity index (χ1n) is 9.09. The molecule has 6 nitrogen and oxygen atoms in total. The van der Waals surface area contributed by atoms with Crippen molar-refractivity contribution < 1.29 is 23.9 Å². The summed E-state index contributed by atoms with van der Waals surface area (Å²) >= 11 is 0. The molecule has 144 valence electrons. The van der Waals surface area contributed by atoms with Crippen molar-refractivity contribution in [2.45, 2.75) is 19.8 Å². The number of anilines is 1. The van der Waals surface area contributed by atoms with Gasteiger partial charge in [0.15, 0.2) is 12.4 Å². The van der Waals surface area contributed by atoms with Crippen molar-refractivity contribution in [3.05, 3.63) is 65.2 Å². The van der Waals surface area contributed by atoms with Crippen LogP contribution >= 0.6 is 0 Å². The standard InChI is InChI=1S/C22H21NO5/c1-2-27-18-8-3-15(4-9-18)5-12-22(26)28-14-20(24)17-6-10-19-16(13-17)7-11-21(25)23-19/h3-6,8-10,12-13H,2,7,11,14H2,1H3,(H,23,25)/b12-5+. The molecule has 0 aliphatic carbocycles. The Kier molecular flexibility index (Phi) is 6.22. The summed E-state index contributed by atoms with van der Waals surface area (Å²) in [5.41, 5.74) is 2.91. The van der Waals surface area contributed by atoms with Gasteiger partial charge in [-0.1, -0.05) is 12.1 Å². The van der Waals surface area contributed by atoms with Crippen LogP contribution in [0.2, 0.25) is 0 Å². The molecule has 6 heteroatoms. The molecule has 0 bridgehead atoms. The molecule has 0 aromatic heterocycles. The zero-order valence-electron chi connectivity index (χ0n) is 15.6. The second kappa shape index (κ2) is 8.99. The number of hydrogen-bond acceptors (Lipinski definition) is 5. The monoisotopic (exact) mass is 379 g/mol. The predicted octanol–water partition coefficient (Wildman–Crippen LogP) is 3.41. The summed E-state index contributed by atoms with van der Waals surface area (Å²) in [5.74, 6) is -0.146. The van der Waals surface area contributed by atoms with Gasteiger partial charge in [-0.2, -0.15) is 0 Å². The van der Waals surface area contributed by atoms with Crippen LogP contribution in [0.5, 0.6) is 5.75 Å². The minimum atomic E-state index is -0.590. The molecule has 3 rings (SSSR count). The Labute approximate surface area is 163 Å². The third-order valence-electron chi connectivity index (χ3n) is 4.27. The molecule has 2 aromatic rings. The van der Waals surface area contributed by atoms with Crippen molar-refractivity contribution in [2.24, 2.45) is 0 Å². The maximum Gasteiger partial charge on any atom is 0.331 e. The number of carbonyl (C=O) groups is 3.